The Bertz CT molecular complexity index is 267. The molecule has 1 heterocycles. The minimum Gasteiger partial charge on any atom is -0.511 e. The van der Waals surface area contributed by atoms with E-state index >= 15 is 0 Å². The molecule has 0 aromatic heterocycles. The average molecular weight is 213 g/mol. The third-order valence-corrected chi connectivity index (χ3v) is 2.27. The molecule has 0 aromatic carbocycles. The number of nitrogens with zero attached hydrogens (tertiary/aromatic N) is 1. The molecular formula is C11H19NO3. The number of carbonyl (C=O) groups excluding carboxylic acids is 1. The molecule has 4 heteroatoms. The second kappa shape index (κ2) is 4.13. The van der Waals surface area contributed by atoms with Crippen LogP contribution < -0.4 is 0 Å². The van der Waals surface area contributed by atoms with Gasteiger partial charge < -0.3 is 9.84 Å². The van der Waals surface area contributed by atoms with Gasteiger partial charge in [0, 0.05) is 6.54 Å². The zero-order valence-corrected chi connectivity index (χ0v) is 9.62. The molecule has 0 aliphatic carbocycles. The summed E-state index contributed by atoms with van der Waals surface area (Å²) in [6, 6.07) is -0.278. The lowest BCUT2D eigenvalue weighted by Gasteiger charge is -2.28. The fourth-order valence-electron chi connectivity index (χ4n) is 1.65. The fourth-order valence-corrected chi connectivity index (χ4v) is 1.65. The van der Waals surface area contributed by atoms with Crippen molar-refractivity contribution in [1.29, 1.82) is 0 Å². The molecule has 0 radical (unpaired) electrons. The first kappa shape index (κ1) is 11.9. The average Bonchev–Trinajstić information content (AvgIpc) is 2.47. The maximum absolute atomic E-state index is 11.7. The molecule has 0 aromatic rings. The van der Waals surface area contributed by atoms with Crippen LogP contribution in [0.5, 0.6) is 0 Å². The Morgan fingerprint density at radius 3 is 2.60 bits per heavy atom. The summed E-state index contributed by atoms with van der Waals surface area (Å²) in [5, 5.41) is 9.33. The molecule has 1 saturated heterocycles. The smallest absolute Gasteiger partial charge is 0.410 e. The summed E-state index contributed by atoms with van der Waals surface area (Å²) in [7, 11) is 0. The van der Waals surface area contributed by atoms with Crippen molar-refractivity contribution in [2.24, 2.45) is 0 Å². The van der Waals surface area contributed by atoms with Crippen LogP contribution in [0.2, 0.25) is 0 Å². The number of hydrogen-bond acceptors (Lipinski definition) is 3. The molecule has 1 atom stereocenters. The van der Waals surface area contributed by atoms with Gasteiger partial charge in [-0.05, 0) is 33.6 Å². The minimum atomic E-state index is -0.499. The van der Waals surface area contributed by atoms with Crippen molar-refractivity contribution in [3.05, 3.63) is 12.3 Å². The summed E-state index contributed by atoms with van der Waals surface area (Å²) in [4.78, 5) is 13.3. The topological polar surface area (TPSA) is 49.8 Å². The molecule has 15 heavy (non-hydrogen) atoms. The van der Waals surface area contributed by atoms with Gasteiger partial charge >= 0.3 is 6.09 Å². The van der Waals surface area contributed by atoms with E-state index < -0.39 is 5.60 Å². The van der Waals surface area contributed by atoms with E-state index in [1.807, 2.05) is 20.8 Å². The molecule has 1 amide bonds. The van der Waals surface area contributed by atoms with E-state index in [1.165, 1.54) is 4.90 Å². The van der Waals surface area contributed by atoms with Gasteiger partial charge in [0.25, 0.3) is 0 Å². The lowest BCUT2D eigenvalue weighted by Crippen LogP contribution is -2.40. The van der Waals surface area contributed by atoms with E-state index in [0.29, 0.717) is 6.54 Å². The first-order chi connectivity index (χ1) is 6.81. The number of ether oxygens (including phenoxy) is 1. The summed E-state index contributed by atoms with van der Waals surface area (Å²) in [6.07, 6.45) is 1.26. The van der Waals surface area contributed by atoms with Gasteiger partial charge in [0.1, 0.15) is 11.4 Å². The third kappa shape index (κ3) is 3.15. The minimum absolute atomic E-state index is 0.0401. The number of aliphatic hydroxyl groups excluding tert-OH is 1. The zero-order valence-electron chi connectivity index (χ0n) is 9.62. The van der Waals surface area contributed by atoms with E-state index in [-0.39, 0.29) is 17.9 Å². The van der Waals surface area contributed by atoms with E-state index in [4.69, 9.17) is 4.74 Å². The van der Waals surface area contributed by atoms with E-state index in [2.05, 4.69) is 6.58 Å². The maximum atomic E-state index is 11.7. The number of hydrogen-bond donors (Lipinski definition) is 1. The first-order valence-corrected chi connectivity index (χ1v) is 5.18. The highest BCUT2D eigenvalue weighted by atomic mass is 16.6. The van der Waals surface area contributed by atoms with Crippen molar-refractivity contribution in [1.82, 2.24) is 4.90 Å². The Morgan fingerprint density at radius 2 is 2.13 bits per heavy atom. The molecular weight excluding hydrogens is 194 g/mol. The Balaban J connectivity index is 2.63. The van der Waals surface area contributed by atoms with E-state index in [1.54, 1.807) is 0 Å². The second-order valence-electron chi connectivity index (χ2n) is 4.82. The van der Waals surface area contributed by atoms with Crippen molar-refractivity contribution < 1.29 is 14.6 Å². The van der Waals surface area contributed by atoms with Gasteiger partial charge in [-0.15, -0.1) is 0 Å². The van der Waals surface area contributed by atoms with Crippen LogP contribution in [0, 0.1) is 0 Å². The number of rotatable bonds is 1. The summed E-state index contributed by atoms with van der Waals surface area (Å²) < 4.78 is 5.24. The molecule has 0 unspecified atom stereocenters. The molecule has 1 fully saturated rings. The highest BCUT2D eigenvalue weighted by molar-refractivity contribution is 5.69. The number of likely N-dealkylation sites (tertiary alicyclic amines) is 1. The molecule has 4 nitrogen and oxygen atoms in total. The van der Waals surface area contributed by atoms with Crippen LogP contribution in [0.3, 0.4) is 0 Å². The van der Waals surface area contributed by atoms with E-state index in [9.17, 15) is 9.90 Å². The van der Waals surface area contributed by atoms with Crippen LogP contribution in [0.4, 0.5) is 4.79 Å². The Labute approximate surface area is 90.5 Å². The van der Waals surface area contributed by atoms with Gasteiger partial charge in [-0.25, -0.2) is 4.79 Å². The van der Waals surface area contributed by atoms with Crippen LogP contribution in [-0.2, 0) is 4.74 Å². The summed E-state index contributed by atoms with van der Waals surface area (Å²) in [6.45, 7) is 9.57. The molecule has 1 rings (SSSR count). The standard InChI is InChI=1S/C11H19NO3/c1-8(13)9-6-5-7-12(9)10(14)15-11(2,3)4/h9,13H,1,5-7H2,2-4H3/t9-/m1/s1. The normalized spacial score (nSPS) is 21.5. The van der Waals surface area contributed by atoms with Crippen LogP contribution in [0.25, 0.3) is 0 Å². The molecule has 0 bridgehead atoms. The fraction of sp³-hybridized carbons (Fsp3) is 0.727. The second-order valence-corrected chi connectivity index (χ2v) is 4.82. The molecule has 0 spiro atoms. The van der Waals surface area contributed by atoms with Gasteiger partial charge in [0.15, 0.2) is 0 Å². The zero-order chi connectivity index (χ0) is 11.6. The van der Waals surface area contributed by atoms with Crippen molar-refractivity contribution in [2.75, 3.05) is 6.54 Å². The largest absolute Gasteiger partial charge is 0.511 e. The summed E-state index contributed by atoms with van der Waals surface area (Å²) in [5.74, 6) is 0.0401. The molecule has 1 N–H and O–H groups in total. The highest BCUT2D eigenvalue weighted by Gasteiger charge is 2.33. The molecule has 1 aliphatic rings. The van der Waals surface area contributed by atoms with E-state index in [0.717, 1.165) is 12.8 Å². The SMILES string of the molecule is C=C(O)[C@H]1CCCN1C(=O)OC(C)(C)C. The third-order valence-electron chi connectivity index (χ3n) is 2.27. The molecule has 1 aliphatic heterocycles. The quantitative estimate of drug-likeness (QED) is 0.681. The lowest BCUT2D eigenvalue weighted by molar-refractivity contribution is 0.0223. The Morgan fingerprint density at radius 1 is 1.53 bits per heavy atom. The summed E-state index contributed by atoms with van der Waals surface area (Å²) >= 11 is 0. The van der Waals surface area contributed by atoms with Crippen molar-refractivity contribution in [3.63, 3.8) is 0 Å². The Hall–Kier alpha value is -1.19. The predicted octanol–water partition coefficient (Wildman–Crippen LogP) is 2.46. The molecule has 86 valence electrons. The van der Waals surface area contributed by atoms with Gasteiger partial charge in [-0.1, -0.05) is 6.58 Å². The van der Waals surface area contributed by atoms with Crippen molar-refractivity contribution in [2.45, 2.75) is 45.3 Å². The highest BCUT2D eigenvalue weighted by Crippen LogP contribution is 2.23. The lowest BCUT2D eigenvalue weighted by atomic mass is 10.2. The number of aliphatic hydroxyl groups is 1. The van der Waals surface area contributed by atoms with Gasteiger partial charge in [0.05, 0.1) is 6.04 Å². The summed E-state index contributed by atoms with van der Waals surface area (Å²) in [5.41, 5.74) is -0.499. The Kier molecular flexibility index (Phi) is 3.27. The van der Waals surface area contributed by atoms with Crippen molar-refractivity contribution >= 4 is 6.09 Å². The number of carbonyl (C=O) groups is 1. The van der Waals surface area contributed by atoms with Gasteiger partial charge in [-0.2, -0.15) is 0 Å². The van der Waals surface area contributed by atoms with Gasteiger partial charge in [0.2, 0.25) is 0 Å². The monoisotopic (exact) mass is 213 g/mol. The van der Waals surface area contributed by atoms with Crippen LogP contribution in [0.1, 0.15) is 33.6 Å². The van der Waals surface area contributed by atoms with Crippen LogP contribution in [-0.4, -0.2) is 34.3 Å². The number of amides is 1. The van der Waals surface area contributed by atoms with Crippen LogP contribution in [0.15, 0.2) is 12.3 Å². The van der Waals surface area contributed by atoms with Crippen LogP contribution >= 0.6 is 0 Å². The van der Waals surface area contributed by atoms with Gasteiger partial charge in [-0.3, -0.25) is 4.90 Å². The molecule has 0 saturated carbocycles. The first-order valence-electron chi connectivity index (χ1n) is 5.18. The maximum Gasteiger partial charge on any atom is 0.410 e. The predicted molar refractivity (Wildman–Crippen MR) is 57.7 cm³/mol. The van der Waals surface area contributed by atoms with Crippen molar-refractivity contribution in [3.8, 4) is 0 Å².